The largest absolute Gasteiger partial charge is 0.0622 e. The van der Waals surface area contributed by atoms with Crippen molar-refractivity contribution in [1.29, 1.82) is 0 Å². The van der Waals surface area contributed by atoms with E-state index in [1.54, 1.807) is 0 Å². The van der Waals surface area contributed by atoms with Gasteiger partial charge in [-0.05, 0) is 47.1 Å². The van der Waals surface area contributed by atoms with E-state index in [9.17, 15) is 0 Å². The van der Waals surface area contributed by atoms with Crippen molar-refractivity contribution in [3.63, 3.8) is 0 Å². The molecule has 0 aromatic heterocycles. The molecule has 0 saturated carbocycles. The summed E-state index contributed by atoms with van der Waals surface area (Å²) in [5.74, 6) is 0. The Labute approximate surface area is 111 Å². The third-order valence-corrected chi connectivity index (χ3v) is 3.65. The van der Waals surface area contributed by atoms with Crippen molar-refractivity contribution in [2.45, 2.75) is 40.0 Å². The zero-order valence-corrected chi connectivity index (χ0v) is 11.7. The fraction of sp³-hybridized carbons (Fsp3) is 0.333. The molecule has 0 aliphatic heterocycles. The Morgan fingerprint density at radius 3 is 1.78 bits per heavy atom. The van der Waals surface area contributed by atoms with E-state index in [-0.39, 0.29) is 0 Å². The third-order valence-electron chi connectivity index (χ3n) is 3.65. The maximum atomic E-state index is 2.40. The van der Waals surface area contributed by atoms with E-state index < -0.39 is 0 Å². The fourth-order valence-electron chi connectivity index (χ4n) is 2.58. The highest BCUT2D eigenvalue weighted by atomic mass is 14.1. The van der Waals surface area contributed by atoms with Crippen LogP contribution in [0.5, 0.6) is 0 Å². The van der Waals surface area contributed by atoms with Gasteiger partial charge >= 0.3 is 0 Å². The molecule has 0 saturated heterocycles. The zero-order valence-electron chi connectivity index (χ0n) is 11.7. The second-order valence-electron chi connectivity index (χ2n) is 4.70. The maximum Gasteiger partial charge on any atom is -0.0149 e. The summed E-state index contributed by atoms with van der Waals surface area (Å²) in [6.07, 6.45) is 3.35. The first-order valence-electron chi connectivity index (χ1n) is 7.00. The SMILES string of the molecule is CCc1cc(CC)c(-c2ccccc2)cc1CC. The highest BCUT2D eigenvalue weighted by Gasteiger charge is 2.08. The topological polar surface area (TPSA) is 0 Å². The molecule has 0 fully saturated rings. The second kappa shape index (κ2) is 5.86. The van der Waals surface area contributed by atoms with Gasteiger partial charge in [0.2, 0.25) is 0 Å². The average molecular weight is 238 g/mol. The minimum Gasteiger partial charge on any atom is -0.0622 e. The van der Waals surface area contributed by atoms with E-state index in [2.05, 4.69) is 63.2 Å². The van der Waals surface area contributed by atoms with Crippen LogP contribution in [0.25, 0.3) is 11.1 Å². The molecule has 0 atom stereocenters. The summed E-state index contributed by atoms with van der Waals surface area (Å²) in [5.41, 5.74) is 7.22. The smallest absolute Gasteiger partial charge is 0.0149 e. The van der Waals surface area contributed by atoms with Gasteiger partial charge in [0.15, 0.2) is 0 Å². The molecule has 2 aromatic rings. The molecule has 0 spiro atoms. The van der Waals surface area contributed by atoms with Gasteiger partial charge in [0.25, 0.3) is 0 Å². The molecule has 0 aliphatic carbocycles. The summed E-state index contributed by atoms with van der Waals surface area (Å²) < 4.78 is 0. The minimum atomic E-state index is 1.10. The van der Waals surface area contributed by atoms with Crippen molar-refractivity contribution in [3.05, 3.63) is 59.2 Å². The van der Waals surface area contributed by atoms with Crippen LogP contribution >= 0.6 is 0 Å². The summed E-state index contributed by atoms with van der Waals surface area (Å²) >= 11 is 0. The summed E-state index contributed by atoms with van der Waals surface area (Å²) in [7, 11) is 0. The molecule has 18 heavy (non-hydrogen) atoms. The molecule has 2 rings (SSSR count). The predicted octanol–water partition coefficient (Wildman–Crippen LogP) is 5.04. The molecule has 0 heteroatoms. The average Bonchev–Trinajstić information content (AvgIpc) is 2.46. The lowest BCUT2D eigenvalue weighted by Gasteiger charge is -2.14. The Hall–Kier alpha value is -1.56. The van der Waals surface area contributed by atoms with Crippen molar-refractivity contribution in [2.24, 2.45) is 0 Å². The monoisotopic (exact) mass is 238 g/mol. The Bertz CT molecular complexity index is 509. The molecular weight excluding hydrogens is 216 g/mol. The quantitative estimate of drug-likeness (QED) is 0.700. The lowest BCUT2D eigenvalue weighted by molar-refractivity contribution is 1.02. The zero-order chi connectivity index (χ0) is 13.0. The number of hydrogen-bond donors (Lipinski definition) is 0. The number of rotatable bonds is 4. The van der Waals surface area contributed by atoms with Crippen molar-refractivity contribution in [2.75, 3.05) is 0 Å². The van der Waals surface area contributed by atoms with Gasteiger partial charge in [-0.1, -0.05) is 63.2 Å². The van der Waals surface area contributed by atoms with Gasteiger partial charge < -0.3 is 0 Å². The number of aryl methyl sites for hydroxylation is 3. The molecule has 94 valence electrons. The molecule has 0 N–H and O–H groups in total. The van der Waals surface area contributed by atoms with Crippen LogP contribution in [0.15, 0.2) is 42.5 Å². The Kier molecular flexibility index (Phi) is 4.19. The van der Waals surface area contributed by atoms with Gasteiger partial charge in [-0.3, -0.25) is 0 Å². The Morgan fingerprint density at radius 1 is 0.667 bits per heavy atom. The minimum absolute atomic E-state index is 1.10. The van der Waals surface area contributed by atoms with E-state index >= 15 is 0 Å². The van der Waals surface area contributed by atoms with Crippen LogP contribution in [-0.2, 0) is 19.3 Å². The van der Waals surface area contributed by atoms with Crippen molar-refractivity contribution >= 4 is 0 Å². The molecule has 0 nitrogen and oxygen atoms in total. The fourth-order valence-corrected chi connectivity index (χ4v) is 2.58. The first-order chi connectivity index (χ1) is 8.80. The van der Waals surface area contributed by atoms with Gasteiger partial charge in [0.1, 0.15) is 0 Å². The molecular formula is C18H22. The normalized spacial score (nSPS) is 10.6. The van der Waals surface area contributed by atoms with E-state index in [0.29, 0.717) is 0 Å². The van der Waals surface area contributed by atoms with E-state index in [1.165, 1.54) is 27.8 Å². The summed E-state index contributed by atoms with van der Waals surface area (Å²) in [6.45, 7) is 6.73. The molecule has 0 aliphatic rings. The van der Waals surface area contributed by atoms with Crippen LogP contribution < -0.4 is 0 Å². The van der Waals surface area contributed by atoms with Gasteiger partial charge in [-0.15, -0.1) is 0 Å². The molecule has 0 radical (unpaired) electrons. The van der Waals surface area contributed by atoms with Crippen LogP contribution in [0.4, 0.5) is 0 Å². The number of hydrogen-bond acceptors (Lipinski definition) is 0. The Balaban J connectivity index is 2.59. The van der Waals surface area contributed by atoms with Crippen molar-refractivity contribution < 1.29 is 0 Å². The highest BCUT2D eigenvalue weighted by molar-refractivity contribution is 5.69. The van der Waals surface area contributed by atoms with Gasteiger partial charge in [-0.25, -0.2) is 0 Å². The standard InChI is InChI=1S/C18H22/c1-4-14-12-16(6-3)18(13-15(14)5-2)17-10-8-7-9-11-17/h7-13H,4-6H2,1-3H3. The lowest BCUT2D eigenvalue weighted by atomic mass is 9.91. The van der Waals surface area contributed by atoms with Crippen molar-refractivity contribution in [3.8, 4) is 11.1 Å². The van der Waals surface area contributed by atoms with Gasteiger partial charge in [-0.2, -0.15) is 0 Å². The van der Waals surface area contributed by atoms with Crippen LogP contribution in [-0.4, -0.2) is 0 Å². The lowest BCUT2D eigenvalue weighted by Crippen LogP contribution is -1.97. The Morgan fingerprint density at radius 2 is 1.22 bits per heavy atom. The first-order valence-corrected chi connectivity index (χ1v) is 7.00. The van der Waals surface area contributed by atoms with Crippen molar-refractivity contribution in [1.82, 2.24) is 0 Å². The predicted molar refractivity (Wildman–Crippen MR) is 80.0 cm³/mol. The third kappa shape index (κ3) is 2.48. The summed E-state index contributed by atoms with van der Waals surface area (Å²) in [4.78, 5) is 0. The van der Waals surface area contributed by atoms with Crippen LogP contribution in [0.2, 0.25) is 0 Å². The molecule has 2 aromatic carbocycles. The molecule has 0 unspecified atom stereocenters. The highest BCUT2D eigenvalue weighted by Crippen LogP contribution is 2.28. The second-order valence-corrected chi connectivity index (χ2v) is 4.70. The van der Waals surface area contributed by atoms with Crippen LogP contribution in [0, 0.1) is 0 Å². The van der Waals surface area contributed by atoms with Gasteiger partial charge in [0.05, 0.1) is 0 Å². The van der Waals surface area contributed by atoms with Crippen LogP contribution in [0.3, 0.4) is 0 Å². The molecule has 0 bridgehead atoms. The molecule has 0 amide bonds. The number of benzene rings is 2. The summed E-state index contributed by atoms with van der Waals surface area (Å²) in [6, 6.07) is 15.5. The maximum absolute atomic E-state index is 2.40. The summed E-state index contributed by atoms with van der Waals surface area (Å²) in [5, 5.41) is 0. The van der Waals surface area contributed by atoms with Gasteiger partial charge in [0, 0.05) is 0 Å². The van der Waals surface area contributed by atoms with Crippen LogP contribution in [0.1, 0.15) is 37.5 Å². The first kappa shape index (κ1) is 12.9. The van der Waals surface area contributed by atoms with E-state index in [0.717, 1.165) is 19.3 Å². The van der Waals surface area contributed by atoms with E-state index in [4.69, 9.17) is 0 Å². The van der Waals surface area contributed by atoms with E-state index in [1.807, 2.05) is 0 Å². The molecule has 0 heterocycles.